The predicted molar refractivity (Wildman–Crippen MR) is 134 cm³/mol. The number of hydrogen-bond donors (Lipinski definition) is 2. The van der Waals surface area contributed by atoms with E-state index in [2.05, 4.69) is 22.8 Å². The van der Waals surface area contributed by atoms with E-state index in [0.29, 0.717) is 32.3 Å². The molecule has 0 atom stereocenters. The average molecular weight is 487 g/mol. The first-order valence-corrected chi connectivity index (χ1v) is 13.0. The molecule has 2 amide bonds. The maximum atomic E-state index is 12.8. The van der Waals surface area contributed by atoms with Gasteiger partial charge in [0.05, 0.1) is 11.1 Å². The molecule has 3 aromatic rings. The Morgan fingerprint density at radius 1 is 0.676 bits per heavy atom. The second-order valence-corrected chi connectivity index (χ2v) is 10.7. The molecule has 5 rings (SSSR count). The van der Waals surface area contributed by atoms with Gasteiger partial charge in [0, 0.05) is 20.9 Å². The van der Waals surface area contributed by atoms with Crippen LogP contribution in [0.4, 0.5) is 10.0 Å². The van der Waals surface area contributed by atoms with Crippen molar-refractivity contribution in [2.75, 3.05) is 10.6 Å². The minimum atomic E-state index is -0.306. The fourth-order valence-electron chi connectivity index (χ4n) is 4.67. The number of nitrogens with one attached hydrogen (secondary N) is 2. The number of rotatable bonds is 4. The van der Waals surface area contributed by atoms with E-state index in [1.807, 2.05) is 0 Å². The van der Waals surface area contributed by atoms with E-state index < -0.39 is 0 Å². The number of carbonyl (C=O) groups is 2. The molecular formula is C26H22N4O2S2. The first-order chi connectivity index (χ1) is 16.6. The van der Waals surface area contributed by atoms with Crippen molar-refractivity contribution in [3.8, 4) is 12.1 Å². The molecule has 0 radical (unpaired) electrons. The highest BCUT2D eigenvalue weighted by Crippen LogP contribution is 2.39. The van der Waals surface area contributed by atoms with Crippen LogP contribution in [0, 0.1) is 22.7 Å². The number of fused-ring (bicyclic) bond motifs is 2. The number of nitrogens with zero attached hydrogens (tertiary/aromatic N) is 2. The monoisotopic (exact) mass is 486 g/mol. The lowest BCUT2D eigenvalue weighted by molar-refractivity contribution is 0.101. The molecule has 0 bridgehead atoms. The van der Waals surface area contributed by atoms with E-state index in [1.165, 1.54) is 32.4 Å². The summed E-state index contributed by atoms with van der Waals surface area (Å²) in [6.07, 6.45) is 8.03. The second-order valence-electron chi connectivity index (χ2n) is 8.54. The van der Waals surface area contributed by atoms with Crippen LogP contribution in [0.5, 0.6) is 0 Å². The Morgan fingerprint density at radius 2 is 1.06 bits per heavy atom. The van der Waals surface area contributed by atoms with E-state index in [4.69, 9.17) is 0 Å². The number of anilines is 2. The third-order valence-electron chi connectivity index (χ3n) is 6.43. The highest BCUT2D eigenvalue weighted by Gasteiger charge is 2.23. The predicted octanol–water partition coefficient (Wildman–Crippen LogP) is 5.82. The Balaban J connectivity index is 1.30. The van der Waals surface area contributed by atoms with Crippen LogP contribution in [0.15, 0.2) is 24.3 Å². The third-order valence-corrected chi connectivity index (χ3v) is 8.84. The summed E-state index contributed by atoms with van der Waals surface area (Å²) >= 11 is 2.98. The van der Waals surface area contributed by atoms with Gasteiger partial charge in [0.15, 0.2) is 0 Å². The Morgan fingerprint density at radius 3 is 1.44 bits per heavy atom. The van der Waals surface area contributed by atoms with Crippen molar-refractivity contribution in [3.05, 3.63) is 67.4 Å². The van der Waals surface area contributed by atoms with Gasteiger partial charge in [0.25, 0.3) is 11.8 Å². The zero-order valence-electron chi connectivity index (χ0n) is 18.5. The summed E-state index contributed by atoms with van der Waals surface area (Å²) in [6, 6.07) is 10.9. The molecule has 0 fully saturated rings. The van der Waals surface area contributed by atoms with Crippen molar-refractivity contribution < 1.29 is 9.59 Å². The SMILES string of the molecule is N#Cc1c(NC(=O)c2ccc(C(=O)Nc3sc4c(c3C#N)CCCC4)cc2)sc2c1CCCC2. The minimum Gasteiger partial charge on any atom is -0.312 e. The molecule has 8 heteroatoms. The molecule has 2 aliphatic rings. The van der Waals surface area contributed by atoms with Crippen molar-refractivity contribution in [2.24, 2.45) is 0 Å². The van der Waals surface area contributed by atoms with Gasteiger partial charge in [0.1, 0.15) is 22.1 Å². The molecule has 0 aliphatic heterocycles. The fraction of sp³-hybridized carbons (Fsp3) is 0.308. The number of thiophene rings is 2. The number of amides is 2. The molecule has 2 N–H and O–H groups in total. The molecule has 34 heavy (non-hydrogen) atoms. The summed E-state index contributed by atoms with van der Waals surface area (Å²) in [4.78, 5) is 28.0. The molecule has 0 saturated carbocycles. The molecule has 170 valence electrons. The Hall–Kier alpha value is -3.46. The molecule has 0 unspecified atom stereocenters. The number of nitriles is 2. The van der Waals surface area contributed by atoms with Crippen molar-refractivity contribution in [2.45, 2.75) is 51.4 Å². The van der Waals surface area contributed by atoms with Crippen LogP contribution in [0.2, 0.25) is 0 Å². The number of carbonyl (C=O) groups excluding carboxylic acids is 2. The normalized spacial score (nSPS) is 14.3. The Kier molecular flexibility index (Phi) is 6.19. The summed E-state index contributed by atoms with van der Waals surface area (Å²) in [5, 5.41) is 26.2. The van der Waals surface area contributed by atoms with Gasteiger partial charge in [-0.2, -0.15) is 10.5 Å². The number of hydrogen-bond acceptors (Lipinski definition) is 6. The fourth-order valence-corrected chi connectivity index (χ4v) is 7.14. The van der Waals surface area contributed by atoms with Gasteiger partial charge >= 0.3 is 0 Å². The lowest BCUT2D eigenvalue weighted by Crippen LogP contribution is -2.14. The van der Waals surface area contributed by atoms with Gasteiger partial charge in [-0.3, -0.25) is 9.59 Å². The number of benzene rings is 1. The highest BCUT2D eigenvalue weighted by molar-refractivity contribution is 7.17. The largest absolute Gasteiger partial charge is 0.312 e. The standard InChI is InChI=1S/C26H22N4O2S2/c27-13-19-17-5-1-3-7-21(17)33-25(19)29-23(31)15-9-11-16(12-10-15)24(32)30-26-20(14-28)18-6-2-4-8-22(18)34-26/h9-12H,1-8H2,(H,29,31)(H,30,32). The third kappa shape index (κ3) is 4.11. The van der Waals surface area contributed by atoms with Crippen molar-refractivity contribution in [1.29, 1.82) is 10.5 Å². The maximum Gasteiger partial charge on any atom is 0.256 e. The van der Waals surface area contributed by atoms with Crippen LogP contribution in [0.3, 0.4) is 0 Å². The summed E-state index contributed by atoms with van der Waals surface area (Å²) in [5.41, 5.74) is 4.14. The van der Waals surface area contributed by atoms with E-state index in [1.54, 1.807) is 24.3 Å². The molecule has 2 aromatic heterocycles. The number of aryl methyl sites for hydroxylation is 2. The van der Waals surface area contributed by atoms with Crippen LogP contribution in [0.1, 0.15) is 78.4 Å². The summed E-state index contributed by atoms with van der Waals surface area (Å²) < 4.78 is 0. The van der Waals surface area contributed by atoms with E-state index in [-0.39, 0.29) is 11.8 Å². The van der Waals surface area contributed by atoms with Gasteiger partial charge in [-0.25, -0.2) is 0 Å². The van der Waals surface area contributed by atoms with Crippen molar-refractivity contribution >= 4 is 44.5 Å². The van der Waals surface area contributed by atoms with Crippen molar-refractivity contribution in [3.63, 3.8) is 0 Å². The minimum absolute atomic E-state index is 0.306. The van der Waals surface area contributed by atoms with Gasteiger partial charge in [0.2, 0.25) is 0 Å². The zero-order chi connectivity index (χ0) is 23.7. The van der Waals surface area contributed by atoms with Gasteiger partial charge in [-0.1, -0.05) is 0 Å². The van der Waals surface area contributed by atoms with Crippen LogP contribution in [-0.4, -0.2) is 11.8 Å². The molecular weight excluding hydrogens is 464 g/mol. The molecule has 2 aliphatic carbocycles. The quantitative estimate of drug-likeness (QED) is 0.485. The van der Waals surface area contributed by atoms with E-state index >= 15 is 0 Å². The van der Waals surface area contributed by atoms with Gasteiger partial charge in [-0.15, -0.1) is 22.7 Å². The molecule has 0 spiro atoms. The Bertz CT molecular complexity index is 1260. The molecule has 6 nitrogen and oxygen atoms in total. The Labute approximate surface area is 205 Å². The van der Waals surface area contributed by atoms with Gasteiger partial charge < -0.3 is 10.6 Å². The first kappa shape index (κ1) is 22.3. The molecule has 2 heterocycles. The topological polar surface area (TPSA) is 106 Å². The van der Waals surface area contributed by atoms with Gasteiger partial charge in [-0.05, 0) is 86.8 Å². The first-order valence-electron chi connectivity index (χ1n) is 11.4. The highest BCUT2D eigenvalue weighted by atomic mass is 32.1. The second kappa shape index (κ2) is 9.42. The maximum absolute atomic E-state index is 12.8. The zero-order valence-corrected chi connectivity index (χ0v) is 20.1. The van der Waals surface area contributed by atoms with E-state index in [0.717, 1.165) is 62.5 Å². The van der Waals surface area contributed by atoms with Crippen LogP contribution >= 0.6 is 22.7 Å². The lowest BCUT2D eigenvalue weighted by Gasteiger charge is -2.09. The summed E-state index contributed by atoms with van der Waals surface area (Å²) in [6.45, 7) is 0. The lowest BCUT2D eigenvalue weighted by atomic mass is 9.96. The van der Waals surface area contributed by atoms with Crippen LogP contribution < -0.4 is 10.6 Å². The summed E-state index contributed by atoms with van der Waals surface area (Å²) in [5.74, 6) is -0.612. The van der Waals surface area contributed by atoms with E-state index in [9.17, 15) is 20.1 Å². The molecule has 0 saturated heterocycles. The smallest absolute Gasteiger partial charge is 0.256 e. The average Bonchev–Trinajstić information content (AvgIpc) is 3.40. The van der Waals surface area contributed by atoms with Crippen LogP contribution in [-0.2, 0) is 25.7 Å². The van der Waals surface area contributed by atoms with Crippen molar-refractivity contribution in [1.82, 2.24) is 0 Å². The molecule has 1 aromatic carbocycles. The summed E-state index contributed by atoms with van der Waals surface area (Å²) in [7, 11) is 0. The van der Waals surface area contributed by atoms with Crippen LogP contribution in [0.25, 0.3) is 0 Å².